The van der Waals surface area contributed by atoms with Gasteiger partial charge in [-0.25, -0.2) is 28.4 Å². The molecule has 9 nitrogen and oxygen atoms in total. The van der Waals surface area contributed by atoms with E-state index in [1.54, 1.807) is 6.20 Å². The van der Waals surface area contributed by atoms with E-state index in [4.69, 9.17) is 4.98 Å². The van der Waals surface area contributed by atoms with Gasteiger partial charge in [0.25, 0.3) is 0 Å². The Kier molecular flexibility index (Phi) is 6.52. The van der Waals surface area contributed by atoms with Crippen LogP contribution in [0.5, 0.6) is 0 Å². The van der Waals surface area contributed by atoms with Crippen LogP contribution in [0.1, 0.15) is 24.5 Å². The normalized spacial score (nSPS) is 15.3. The van der Waals surface area contributed by atoms with Crippen molar-refractivity contribution in [3.63, 3.8) is 0 Å². The van der Waals surface area contributed by atoms with Crippen LogP contribution >= 0.6 is 0 Å². The Labute approximate surface area is 188 Å². The molecule has 0 saturated carbocycles. The fourth-order valence-electron chi connectivity index (χ4n) is 3.75. The molecular weight excluding hydrogens is 426 g/mol. The Hall–Kier alpha value is -2.85. The lowest BCUT2D eigenvalue weighted by atomic mass is 10.1. The first kappa shape index (κ1) is 22.3. The predicted octanol–water partition coefficient (Wildman–Crippen LogP) is 2.55. The first-order valence-electron chi connectivity index (χ1n) is 10.8. The number of likely N-dealkylation sites (N-methyl/N-ethyl adjacent to an activating group) is 1. The SMILES string of the molecule is CCCS(=O)(=O)Cc1ccc(C)c(Nc2ncnc3cnc(N4CCN(C)CC4)nc23)c1. The van der Waals surface area contributed by atoms with E-state index in [0.717, 1.165) is 43.0 Å². The van der Waals surface area contributed by atoms with Crippen LogP contribution in [0.25, 0.3) is 11.0 Å². The number of nitrogens with one attached hydrogen (secondary N) is 1. The second-order valence-electron chi connectivity index (χ2n) is 8.28. The molecule has 1 fully saturated rings. The number of aromatic nitrogens is 4. The molecule has 1 aromatic carbocycles. The first-order chi connectivity index (χ1) is 15.3. The highest BCUT2D eigenvalue weighted by Crippen LogP contribution is 2.26. The van der Waals surface area contributed by atoms with Crippen LogP contribution in [0.15, 0.2) is 30.7 Å². The highest BCUT2D eigenvalue weighted by atomic mass is 32.2. The highest BCUT2D eigenvalue weighted by molar-refractivity contribution is 7.90. The van der Waals surface area contributed by atoms with E-state index in [2.05, 4.69) is 37.1 Å². The molecule has 1 N–H and O–H groups in total. The lowest BCUT2D eigenvalue weighted by Crippen LogP contribution is -2.45. The molecule has 1 aliphatic rings. The summed E-state index contributed by atoms with van der Waals surface area (Å²) < 4.78 is 24.5. The van der Waals surface area contributed by atoms with Crippen LogP contribution in [0.3, 0.4) is 0 Å². The van der Waals surface area contributed by atoms with Gasteiger partial charge in [0.2, 0.25) is 5.95 Å². The zero-order valence-electron chi connectivity index (χ0n) is 18.7. The van der Waals surface area contributed by atoms with E-state index in [9.17, 15) is 8.42 Å². The van der Waals surface area contributed by atoms with E-state index in [1.807, 2.05) is 32.0 Å². The van der Waals surface area contributed by atoms with Gasteiger partial charge < -0.3 is 15.1 Å². The number of piperazine rings is 1. The third-order valence-corrected chi connectivity index (χ3v) is 7.41. The summed E-state index contributed by atoms with van der Waals surface area (Å²) in [6.45, 7) is 7.51. The third-order valence-electron chi connectivity index (χ3n) is 5.61. The Balaban J connectivity index is 1.64. The number of benzene rings is 1. The number of aryl methyl sites for hydroxylation is 1. The molecule has 1 saturated heterocycles. The van der Waals surface area contributed by atoms with E-state index < -0.39 is 9.84 Å². The number of hydrogen-bond acceptors (Lipinski definition) is 9. The van der Waals surface area contributed by atoms with E-state index in [1.165, 1.54) is 6.33 Å². The number of hydrogen-bond donors (Lipinski definition) is 1. The van der Waals surface area contributed by atoms with Gasteiger partial charge in [0.15, 0.2) is 15.7 Å². The van der Waals surface area contributed by atoms with E-state index >= 15 is 0 Å². The predicted molar refractivity (Wildman–Crippen MR) is 127 cm³/mol. The zero-order valence-corrected chi connectivity index (χ0v) is 19.6. The maximum atomic E-state index is 12.3. The summed E-state index contributed by atoms with van der Waals surface area (Å²) in [4.78, 5) is 22.4. The highest BCUT2D eigenvalue weighted by Gasteiger charge is 2.18. The number of anilines is 3. The molecule has 3 heterocycles. The largest absolute Gasteiger partial charge is 0.338 e. The van der Waals surface area contributed by atoms with Crippen LogP contribution < -0.4 is 10.2 Å². The minimum absolute atomic E-state index is 0.0239. The summed E-state index contributed by atoms with van der Waals surface area (Å²) in [5.74, 6) is 1.45. The Morgan fingerprint density at radius 3 is 2.62 bits per heavy atom. The molecule has 0 amide bonds. The third kappa shape index (κ3) is 5.13. The molecule has 1 aliphatic heterocycles. The number of rotatable bonds is 7. The summed E-state index contributed by atoms with van der Waals surface area (Å²) >= 11 is 0. The van der Waals surface area contributed by atoms with Crippen molar-refractivity contribution in [3.05, 3.63) is 41.9 Å². The number of nitrogens with zero attached hydrogens (tertiary/aromatic N) is 6. The number of fused-ring (bicyclic) bond motifs is 1. The van der Waals surface area contributed by atoms with Crippen molar-refractivity contribution in [1.29, 1.82) is 0 Å². The summed E-state index contributed by atoms with van der Waals surface area (Å²) in [7, 11) is -1.02. The zero-order chi connectivity index (χ0) is 22.7. The lowest BCUT2D eigenvalue weighted by Gasteiger charge is -2.32. The fourth-order valence-corrected chi connectivity index (χ4v) is 5.21. The van der Waals surface area contributed by atoms with Gasteiger partial charge in [-0.05, 0) is 37.6 Å². The van der Waals surface area contributed by atoms with Crippen LogP contribution in [-0.4, -0.2) is 72.2 Å². The van der Waals surface area contributed by atoms with Crippen molar-refractivity contribution in [2.45, 2.75) is 26.0 Å². The summed E-state index contributed by atoms with van der Waals surface area (Å²) in [6.07, 6.45) is 3.82. The van der Waals surface area contributed by atoms with Crippen molar-refractivity contribution in [3.8, 4) is 0 Å². The molecule has 0 unspecified atom stereocenters. The molecule has 0 bridgehead atoms. The molecule has 10 heteroatoms. The maximum Gasteiger partial charge on any atom is 0.226 e. The lowest BCUT2D eigenvalue weighted by molar-refractivity contribution is 0.311. The van der Waals surface area contributed by atoms with Crippen LogP contribution in [-0.2, 0) is 15.6 Å². The monoisotopic (exact) mass is 455 g/mol. The van der Waals surface area contributed by atoms with Crippen molar-refractivity contribution in [2.75, 3.05) is 49.2 Å². The molecule has 32 heavy (non-hydrogen) atoms. The van der Waals surface area contributed by atoms with Crippen LogP contribution in [0.2, 0.25) is 0 Å². The second kappa shape index (κ2) is 9.33. The molecule has 3 aromatic rings. The fraction of sp³-hybridized carbons (Fsp3) is 0.455. The van der Waals surface area contributed by atoms with Gasteiger partial charge in [-0.15, -0.1) is 0 Å². The van der Waals surface area contributed by atoms with Crippen molar-refractivity contribution < 1.29 is 8.42 Å². The minimum atomic E-state index is -3.13. The van der Waals surface area contributed by atoms with Gasteiger partial charge >= 0.3 is 0 Å². The van der Waals surface area contributed by atoms with Crippen LogP contribution in [0.4, 0.5) is 17.5 Å². The summed E-state index contributed by atoms with van der Waals surface area (Å²) in [5, 5.41) is 3.35. The summed E-state index contributed by atoms with van der Waals surface area (Å²) in [5.41, 5.74) is 3.83. The average Bonchev–Trinajstić information content (AvgIpc) is 2.76. The molecule has 4 rings (SSSR count). The Bertz CT molecular complexity index is 1210. The molecule has 170 valence electrons. The smallest absolute Gasteiger partial charge is 0.226 e. The molecule has 0 radical (unpaired) electrons. The average molecular weight is 456 g/mol. The maximum absolute atomic E-state index is 12.3. The van der Waals surface area contributed by atoms with Gasteiger partial charge in [-0.3, -0.25) is 0 Å². The van der Waals surface area contributed by atoms with E-state index in [0.29, 0.717) is 29.2 Å². The quantitative estimate of drug-likeness (QED) is 0.575. The molecule has 2 aromatic heterocycles. The number of sulfone groups is 1. The minimum Gasteiger partial charge on any atom is -0.338 e. The van der Waals surface area contributed by atoms with E-state index in [-0.39, 0.29) is 11.5 Å². The van der Waals surface area contributed by atoms with Crippen molar-refractivity contribution in [2.24, 2.45) is 0 Å². The standard InChI is InChI=1S/C22H29N7O2S/c1-4-11-32(30,31)14-17-6-5-16(2)18(12-17)26-21-20-19(24-15-25-21)13-23-22(27-20)29-9-7-28(3)8-10-29/h5-6,12-13,15H,4,7-11,14H2,1-3H3,(H,24,25,26). The second-order valence-corrected chi connectivity index (χ2v) is 10.5. The van der Waals surface area contributed by atoms with Crippen LogP contribution in [0, 0.1) is 6.92 Å². The Morgan fingerprint density at radius 2 is 1.88 bits per heavy atom. The summed E-state index contributed by atoms with van der Waals surface area (Å²) in [6, 6.07) is 5.66. The molecule has 0 aliphatic carbocycles. The van der Waals surface area contributed by atoms with Gasteiger partial charge in [0.1, 0.15) is 17.4 Å². The molecule has 0 atom stereocenters. The van der Waals surface area contributed by atoms with Gasteiger partial charge in [-0.1, -0.05) is 19.1 Å². The first-order valence-corrected chi connectivity index (χ1v) is 12.6. The molecule has 0 spiro atoms. The molecular formula is C22H29N7O2S. The van der Waals surface area contributed by atoms with Crippen molar-refractivity contribution in [1.82, 2.24) is 24.8 Å². The van der Waals surface area contributed by atoms with Crippen molar-refractivity contribution >= 4 is 38.3 Å². The van der Waals surface area contributed by atoms with Gasteiger partial charge in [-0.2, -0.15) is 0 Å². The van der Waals surface area contributed by atoms with Gasteiger partial charge in [0, 0.05) is 31.9 Å². The van der Waals surface area contributed by atoms with Gasteiger partial charge in [0.05, 0.1) is 17.7 Å². The topological polar surface area (TPSA) is 104 Å². The Morgan fingerprint density at radius 1 is 1.09 bits per heavy atom.